The molecule has 6 aliphatic rings. The summed E-state index contributed by atoms with van der Waals surface area (Å²) in [6, 6.07) is 0. The number of nitrogens with one attached hydrogen (secondary N) is 1. The molecule has 18 nitrogen and oxygen atoms in total. The number of ether oxygens (including phenoxy) is 6. The highest BCUT2D eigenvalue weighted by atomic mass is 16.7. The third-order valence-corrected chi connectivity index (χ3v) is 13.7. The van der Waals surface area contributed by atoms with Crippen molar-refractivity contribution in [2.45, 2.75) is 97.9 Å². The lowest BCUT2D eigenvalue weighted by atomic mass is 9.78. The Balaban J connectivity index is 1.37. The second-order valence-corrected chi connectivity index (χ2v) is 18.6. The van der Waals surface area contributed by atoms with Gasteiger partial charge >= 0.3 is 17.7 Å². The van der Waals surface area contributed by atoms with Crippen LogP contribution in [0.1, 0.15) is 97.4 Å². The number of esters is 2. The van der Waals surface area contributed by atoms with E-state index in [4.69, 9.17) is 28.4 Å². The Hall–Kier alpha value is -5.40. The van der Waals surface area contributed by atoms with Gasteiger partial charge in [-0.05, 0) is 46.4 Å². The number of rotatable bonds is 7. The van der Waals surface area contributed by atoms with Gasteiger partial charge in [0.2, 0.25) is 11.6 Å². The van der Waals surface area contributed by atoms with Gasteiger partial charge in [-0.15, -0.1) is 0 Å². The van der Waals surface area contributed by atoms with Gasteiger partial charge in [0.1, 0.15) is 35.4 Å². The predicted molar refractivity (Wildman–Crippen MR) is 241 cm³/mol. The van der Waals surface area contributed by atoms with Crippen LogP contribution in [0.25, 0.3) is 0 Å². The van der Waals surface area contributed by atoms with Gasteiger partial charge in [-0.1, -0.05) is 45.9 Å². The minimum atomic E-state index is -2.14. The first-order valence-electron chi connectivity index (χ1n) is 22.9. The molecule has 0 spiro atoms. The van der Waals surface area contributed by atoms with Crippen LogP contribution in [0.3, 0.4) is 0 Å². The van der Waals surface area contributed by atoms with E-state index in [0.717, 1.165) is 32.2 Å². The van der Waals surface area contributed by atoms with Crippen LogP contribution in [0, 0.1) is 36.5 Å². The van der Waals surface area contributed by atoms with Gasteiger partial charge in [0, 0.05) is 74.4 Å². The van der Waals surface area contributed by atoms with Crippen LogP contribution in [-0.2, 0) is 38.1 Å². The van der Waals surface area contributed by atoms with Crippen LogP contribution < -0.4 is 10.1 Å². The number of methoxy groups -OCH3 is 1. The second kappa shape index (κ2) is 21.3. The summed E-state index contributed by atoms with van der Waals surface area (Å²) in [5.74, 6) is -10.8. The maximum atomic E-state index is 14.8. The van der Waals surface area contributed by atoms with Crippen molar-refractivity contribution in [3.05, 3.63) is 69.8 Å². The van der Waals surface area contributed by atoms with Crippen LogP contribution in [-0.4, -0.2) is 151 Å². The highest BCUT2D eigenvalue weighted by molar-refractivity contribution is 6.32. The fraction of sp³-hybridized carbons (Fsp3) is 0.592. The number of hydrogen-bond donors (Lipinski definition) is 4. The summed E-state index contributed by atoms with van der Waals surface area (Å²) in [6.07, 6.45) is 3.91. The van der Waals surface area contributed by atoms with Crippen molar-refractivity contribution in [1.82, 2.24) is 15.1 Å². The number of amides is 1. The number of carbonyl (C=O) groups excluding carboxylic acids is 6. The molecular weight excluding hydrogens is 871 g/mol. The second-order valence-electron chi connectivity index (χ2n) is 18.6. The molecule has 10 unspecified atom stereocenters. The van der Waals surface area contributed by atoms with E-state index in [2.05, 4.69) is 10.2 Å². The van der Waals surface area contributed by atoms with E-state index in [1.807, 2.05) is 7.05 Å². The highest BCUT2D eigenvalue weighted by Gasteiger charge is 2.53. The maximum absolute atomic E-state index is 14.8. The minimum absolute atomic E-state index is 0.0246. The number of fused-ring (bicyclic) bond motifs is 14. The van der Waals surface area contributed by atoms with Gasteiger partial charge in [-0.3, -0.25) is 28.8 Å². The van der Waals surface area contributed by atoms with Crippen LogP contribution in [0.2, 0.25) is 0 Å². The van der Waals surface area contributed by atoms with E-state index in [9.17, 15) is 44.1 Å². The average molecular weight is 936 g/mol. The zero-order chi connectivity index (χ0) is 49.1. The van der Waals surface area contributed by atoms with Crippen molar-refractivity contribution in [3.8, 4) is 11.5 Å². The quantitative estimate of drug-likeness (QED) is 0.226. The van der Waals surface area contributed by atoms with Gasteiger partial charge in [-0.2, -0.15) is 0 Å². The molecule has 2 fully saturated rings. The van der Waals surface area contributed by atoms with Crippen molar-refractivity contribution in [3.63, 3.8) is 0 Å². The number of phenolic OH excluding ortho intramolecular Hbond substituents is 1. The smallest absolute Gasteiger partial charge is 0.317 e. The monoisotopic (exact) mass is 935 g/mol. The molecule has 67 heavy (non-hydrogen) atoms. The first-order chi connectivity index (χ1) is 31.7. The molecule has 10 atom stereocenters. The molecule has 0 aromatic heterocycles. The number of ketones is 3. The number of carbonyl (C=O) groups is 6. The first kappa shape index (κ1) is 51.0. The Morgan fingerprint density at radius 1 is 0.910 bits per heavy atom. The summed E-state index contributed by atoms with van der Waals surface area (Å²) in [4.78, 5) is 87.8. The Bertz CT molecular complexity index is 2240. The number of nitrogens with zero attached hydrogens (tertiary/aromatic N) is 2. The summed E-state index contributed by atoms with van der Waals surface area (Å²) < 4.78 is 34.9. The summed E-state index contributed by atoms with van der Waals surface area (Å²) >= 11 is 0. The molecule has 0 saturated carbocycles. The van der Waals surface area contributed by atoms with E-state index in [1.54, 1.807) is 44.7 Å². The Labute approximate surface area is 390 Å². The third kappa shape index (κ3) is 10.7. The fourth-order valence-electron chi connectivity index (χ4n) is 9.56. The summed E-state index contributed by atoms with van der Waals surface area (Å²) in [5, 5.41) is 37.5. The Morgan fingerprint density at radius 3 is 2.28 bits per heavy atom. The van der Waals surface area contributed by atoms with Crippen LogP contribution in [0.4, 0.5) is 0 Å². The highest BCUT2D eigenvalue weighted by Crippen LogP contribution is 2.49. The molecule has 1 aliphatic carbocycles. The van der Waals surface area contributed by atoms with Crippen molar-refractivity contribution >= 4 is 35.2 Å². The lowest BCUT2D eigenvalue weighted by Gasteiger charge is -2.38. The molecule has 7 rings (SSSR count). The van der Waals surface area contributed by atoms with Crippen molar-refractivity contribution in [2.75, 3.05) is 60.2 Å². The number of likely N-dealkylation sites (tertiary alicyclic amines) is 1. The number of morpholine rings is 1. The summed E-state index contributed by atoms with van der Waals surface area (Å²) in [7, 11) is 3.39. The van der Waals surface area contributed by atoms with Gasteiger partial charge in [-0.25, -0.2) is 0 Å². The largest absolute Gasteiger partial charge is 0.507 e. The molecule has 5 bridgehead atoms. The van der Waals surface area contributed by atoms with Gasteiger partial charge in [0.25, 0.3) is 11.7 Å². The van der Waals surface area contributed by atoms with E-state index < -0.39 is 112 Å². The number of aliphatic hydroxyl groups excluding tert-OH is 2. The normalized spacial score (nSPS) is 31.2. The van der Waals surface area contributed by atoms with E-state index in [-0.39, 0.29) is 72.7 Å². The molecule has 2 saturated heterocycles. The number of piperidine rings is 1. The number of aliphatic hydroxyl groups is 2. The molecule has 18 heteroatoms. The third-order valence-electron chi connectivity index (χ3n) is 13.7. The molecule has 4 N–H and O–H groups in total. The number of hydrogen-bond acceptors (Lipinski definition) is 17. The van der Waals surface area contributed by atoms with Crippen LogP contribution >= 0.6 is 0 Å². The molecule has 5 heterocycles. The van der Waals surface area contributed by atoms with Crippen LogP contribution in [0.5, 0.6) is 11.5 Å². The maximum Gasteiger partial charge on any atom is 0.317 e. The molecule has 1 aromatic rings. The number of benzene rings is 1. The molecule has 1 amide bonds. The zero-order valence-corrected chi connectivity index (χ0v) is 39.8. The number of phenols is 1. The Morgan fingerprint density at radius 2 is 1.61 bits per heavy atom. The SMILES string of the molecule is COC1C=COC2(C)Oc3c(C)c(O)c4c(c3C2=O)C(=O)C(N2CCOCC2)=C(NC(=O)C(C)=CC=CC(C)C(O)C(C)C(O)C(C)C(OC(=O)CC(=O)OCC2CCCN(C)C2)C1C)C4=O. The zero-order valence-electron chi connectivity index (χ0n) is 39.8. The summed E-state index contributed by atoms with van der Waals surface area (Å²) in [6.45, 7) is 13.6. The number of Topliss-reactive ketones (excluding diaryl/α,β-unsaturated/α-hetero) is 3. The summed E-state index contributed by atoms with van der Waals surface area (Å²) in [5.41, 5.74) is -1.64. The standard InChI is InChI=1S/C49H65N3O15/c1-25-12-10-13-26(2)48(61)50-38-39(52-17-20-63-21-18-52)44(59)35-36(43(38)58)42(57)30(6)46-37(35)47(60)49(7,67-46)65-19-15-32(62-9)27(3)45(29(5)41(56)28(4)40(25)55)66-34(54)22-33(53)64-24-31-14-11-16-51(8)23-31/h10,12-13,15,19,25,27-29,31-32,40-41,45,55-57H,11,14,16-18,20-24H2,1-9H3,(H,50,61). The van der Waals surface area contributed by atoms with Gasteiger partial charge in [0.15, 0.2) is 0 Å². The molecule has 5 aliphatic heterocycles. The molecular formula is C49H65N3O15. The number of allylic oxidation sites excluding steroid dienone is 4. The number of aromatic hydroxyl groups is 1. The van der Waals surface area contributed by atoms with E-state index in [1.165, 1.54) is 40.0 Å². The molecule has 366 valence electrons. The topological polar surface area (TPSA) is 237 Å². The Kier molecular flexibility index (Phi) is 16.2. The lowest BCUT2D eigenvalue weighted by Crippen LogP contribution is -2.47. The molecule has 1 aromatic carbocycles. The van der Waals surface area contributed by atoms with Gasteiger partial charge in [0.05, 0.1) is 61.1 Å². The lowest BCUT2D eigenvalue weighted by molar-refractivity contribution is -0.168. The first-order valence-corrected chi connectivity index (χ1v) is 22.9. The fourth-order valence-corrected chi connectivity index (χ4v) is 9.56. The predicted octanol–water partition coefficient (Wildman–Crippen LogP) is 3.55. The van der Waals surface area contributed by atoms with Gasteiger partial charge < -0.3 is 58.9 Å². The van der Waals surface area contributed by atoms with Crippen molar-refractivity contribution in [2.24, 2.45) is 29.6 Å². The van der Waals surface area contributed by atoms with E-state index in [0.29, 0.717) is 0 Å². The minimum Gasteiger partial charge on any atom is -0.507 e. The van der Waals surface area contributed by atoms with Crippen LogP contribution in [0.15, 0.2) is 47.5 Å². The molecule has 0 radical (unpaired) electrons. The van der Waals surface area contributed by atoms with Crippen molar-refractivity contribution < 1.29 is 72.5 Å². The average Bonchev–Trinajstić information content (AvgIpc) is 3.56. The van der Waals surface area contributed by atoms with Crippen molar-refractivity contribution in [1.29, 1.82) is 0 Å². The van der Waals surface area contributed by atoms with E-state index >= 15 is 0 Å².